The second kappa shape index (κ2) is 2.26. The van der Waals surface area contributed by atoms with E-state index in [9.17, 15) is 4.79 Å². The van der Waals surface area contributed by atoms with E-state index in [0.29, 0.717) is 0 Å². The summed E-state index contributed by atoms with van der Waals surface area (Å²) in [5, 5.41) is 14.8. The predicted molar refractivity (Wildman–Crippen MR) is 31.2 cm³/mol. The van der Waals surface area contributed by atoms with Crippen LogP contribution in [0.25, 0.3) is 0 Å². The van der Waals surface area contributed by atoms with Crippen molar-refractivity contribution in [3.05, 3.63) is 12.0 Å². The number of hydrogen-bond donors (Lipinski definition) is 2. The highest BCUT2D eigenvalue weighted by Crippen LogP contribution is 1.91. The fraction of sp³-hybridized carbons (Fsp3) is 0. The van der Waals surface area contributed by atoms with Crippen LogP contribution >= 0.6 is 0 Å². The molecule has 0 aromatic carbocycles. The Hall–Kier alpha value is -1.72. The highest BCUT2D eigenvalue weighted by atomic mass is 16.4. The largest absolute Gasteiger partial charge is 0.475 e. The number of anilines is 1. The zero-order valence-corrected chi connectivity index (χ0v) is 4.85. The monoisotopic (exact) mass is 140 g/mol. The van der Waals surface area contributed by atoms with E-state index in [2.05, 4.69) is 15.2 Å². The molecule has 10 heavy (non-hydrogen) atoms. The van der Waals surface area contributed by atoms with Gasteiger partial charge in [-0.3, -0.25) is 0 Å². The van der Waals surface area contributed by atoms with Crippen LogP contribution in [0, 0.1) is 0 Å². The fourth-order valence-corrected chi connectivity index (χ4v) is 0.407. The number of carboxylic acid groups (broad SMARTS) is 1. The Balaban J connectivity index is 3.07. The van der Waals surface area contributed by atoms with E-state index >= 15 is 0 Å². The van der Waals surface area contributed by atoms with E-state index in [1.54, 1.807) is 0 Å². The van der Waals surface area contributed by atoms with Crippen molar-refractivity contribution in [1.82, 2.24) is 15.2 Å². The number of aromatic carboxylic acids is 1. The summed E-state index contributed by atoms with van der Waals surface area (Å²) >= 11 is 0. The third-order valence-corrected chi connectivity index (χ3v) is 0.769. The van der Waals surface area contributed by atoms with Crippen molar-refractivity contribution in [2.75, 3.05) is 5.73 Å². The smallest absolute Gasteiger partial charge is 0.375 e. The number of hydrogen-bond acceptors (Lipinski definition) is 5. The molecule has 1 aromatic rings. The second-order valence-corrected chi connectivity index (χ2v) is 1.51. The van der Waals surface area contributed by atoms with E-state index in [4.69, 9.17) is 10.8 Å². The average molecular weight is 140 g/mol. The maximum Gasteiger partial charge on any atom is 0.375 e. The Morgan fingerprint density at radius 1 is 1.70 bits per heavy atom. The lowest BCUT2D eigenvalue weighted by atomic mass is 10.6. The SMILES string of the molecule is Nc1cnnc(C(=O)O)n1. The minimum atomic E-state index is -1.24. The number of carboxylic acids is 1. The van der Waals surface area contributed by atoms with E-state index in [1.807, 2.05) is 0 Å². The van der Waals surface area contributed by atoms with Gasteiger partial charge in [0.15, 0.2) is 0 Å². The number of aromatic nitrogens is 3. The van der Waals surface area contributed by atoms with Crippen LogP contribution in [0.3, 0.4) is 0 Å². The van der Waals surface area contributed by atoms with Gasteiger partial charge < -0.3 is 10.8 Å². The molecule has 0 amide bonds. The maximum absolute atomic E-state index is 10.1. The van der Waals surface area contributed by atoms with Gasteiger partial charge in [0.2, 0.25) is 0 Å². The first-order chi connectivity index (χ1) is 4.70. The third-order valence-electron chi connectivity index (χ3n) is 0.769. The van der Waals surface area contributed by atoms with Gasteiger partial charge in [0.05, 0.1) is 6.20 Å². The lowest BCUT2D eigenvalue weighted by Crippen LogP contribution is -2.07. The first-order valence-electron chi connectivity index (χ1n) is 2.38. The van der Waals surface area contributed by atoms with Crippen LogP contribution < -0.4 is 5.73 Å². The van der Waals surface area contributed by atoms with Gasteiger partial charge in [0.1, 0.15) is 5.82 Å². The highest BCUT2D eigenvalue weighted by molar-refractivity contribution is 5.83. The molecule has 0 aliphatic rings. The maximum atomic E-state index is 10.1. The van der Waals surface area contributed by atoms with Gasteiger partial charge in [-0.05, 0) is 0 Å². The Morgan fingerprint density at radius 3 is 2.80 bits per heavy atom. The lowest BCUT2D eigenvalue weighted by Gasteiger charge is -1.90. The predicted octanol–water partition coefficient (Wildman–Crippen LogP) is -0.848. The average Bonchev–Trinajstić information content (AvgIpc) is 1.88. The third kappa shape index (κ3) is 1.16. The molecule has 0 bridgehead atoms. The lowest BCUT2D eigenvalue weighted by molar-refractivity contribution is 0.0682. The van der Waals surface area contributed by atoms with Crippen LogP contribution in [0.1, 0.15) is 10.6 Å². The van der Waals surface area contributed by atoms with E-state index in [-0.39, 0.29) is 11.6 Å². The quantitative estimate of drug-likeness (QED) is 0.526. The molecule has 0 saturated carbocycles. The number of nitrogens with zero attached hydrogens (tertiary/aromatic N) is 3. The molecule has 0 radical (unpaired) electrons. The summed E-state index contributed by atoms with van der Waals surface area (Å²) in [6.45, 7) is 0. The van der Waals surface area contributed by atoms with Crippen molar-refractivity contribution in [3.8, 4) is 0 Å². The Bertz CT molecular complexity index is 261. The van der Waals surface area contributed by atoms with Crippen molar-refractivity contribution < 1.29 is 9.90 Å². The molecule has 0 atom stereocenters. The minimum absolute atomic E-state index is 0.0485. The normalized spacial score (nSPS) is 9.20. The van der Waals surface area contributed by atoms with Crippen LogP contribution in [-0.4, -0.2) is 26.3 Å². The number of nitrogens with two attached hydrogens (primary N) is 1. The second-order valence-electron chi connectivity index (χ2n) is 1.51. The van der Waals surface area contributed by atoms with E-state index in [1.165, 1.54) is 6.20 Å². The minimum Gasteiger partial charge on any atom is -0.475 e. The van der Waals surface area contributed by atoms with Gasteiger partial charge in [-0.15, -0.1) is 5.10 Å². The van der Waals surface area contributed by atoms with E-state index < -0.39 is 5.97 Å². The van der Waals surface area contributed by atoms with Crippen molar-refractivity contribution in [3.63, 3.8) is 0 Å². The molecule has 0 spiro atoms. The summed E-state index contributed by atoms with van der Waals surface area (Å²) in [5.74, 6) is -1.58. The molecule has 6 nitrogen and oxygen atoms in total. The molecular formula is C4H4N4O2. The number of nitrogen functional groups attached to an aromatic ring is 1. The fourth-order valence-electron chi connectivity index (χ4n) is 0.407. The van der Waals surface area contributed by atoms with Gasteiger partial charge in [-0.25, -0.2) is 9.78 Å². The molecule has 1 aromatic heterocycles. The van der Waals surface area contributed by atoms with Gasteiger partial charge in [-0.1, -0.05) is 0 Å². The topological polar surface area (TPSA) is 102 Å². The first kappa shape index (κ1) is 6.40. The molecule has 6 heteroatoms. The standard InChI is InChI=1S/C4H4N4O2/c5-2-1-6-8-3(7-2)4(9)10/h1H,(H,9,10)(H2,5,7,8). The zero-order valence-electron chi connectivity index (χ0n) is 4.85. The summed E-state index contributed by atoms with van der Waals surface area (Å²) in [7, 11) is 0. The molecule has 3 N–H and O–H groups in total. The Morgan fingerprint density at radius 2 is 2.40 bits per heavy atom. The van der Waals surface area contributed by atoms with Crippen molar-refractivity contribution in [2.24, 2.45) is 0 Å². The molecule has 1 rings (SSSR count). The van der Waals surface area contributed by atoms with Gasteiger partial charge in [-0.2, -0.15) is 5.10 Å². The molecule has 1 heterocycles. The Kier molecular flexibility index (Phi) is 1.44. The van der Waals surface area contributed by atoms with Crippen LogP contribution in [0.15, 0.2) is 6.20 Å². The molecular weight excluding hydrogens is 136 g/mol. The van der Waals surface area contributed by atoms with Gasteiger partial charge in [0.25, 0.3) is 5.82 Å². The van der Waals surface area contributed by atoms with Crippen LogP contribution in [-0.2, 0) is 0 Å². The molecule has 52 valence electrons. The van der Waals surface area contributed by atoms with Crippen LogP contribution in [0.5, 0.6) is 0 Å². The molecule has 0 unspecified atom stereocenters. The molecule has 0 aliphatic carbocycles. The van der Waals surface area contributed by atoms with Gasteiger partial charge >= 0.3 is 5.97 Å². The van der Waals surface area contributed by atoms with Gasteiger partial charge in [0, 0.05) is 0 Å². The summed E-state index contributed by atoms with van der Waals surface area (Å²) in [4.78, 5) is 13.5. The highest BCUT2D eigenvalue weighted by Gasteiger charge is 2.05. The van der Waals surface area contributed by atoms with Crippen molar-refractivity contribution in [1.29, 1.82) is 0 Å². The molecule has 0 fully saturated rings. The number of carbonyl (C=O) groups is 1. The van der Waals surface area contributed by atoms with Crippen LogP contribution in [0.4, 0.5) is 5.82 Å². The summed E-state index contributed by atoms with van der Waals surface area (Å²) in [5.41, 5.74) is 5.12. The molecule has 0 aliphatic heterocycles. The summed E-state index contributed by atoms with van der Waals surface area (Å²) in [6, 6.07) is 0. The Labute approximate surface area is 55.7 Å². The summed E-state index contributed by atoms with van der Waals surface area (Å²) in [6.07, 6.45) is 1.17. The van der Waals surface area contributed by atoms with E-state index in [0.717, 1.165) is 0 Å². The molecule has 0 saturated heterocycles. The van der Waals surface area contributed by atoms with Crippen LogP contribution in [0.2, 0.25) is 0 Å². The summed E-state index contributed by atoms with van der Waals surface area (Å²) < 4.78 is 0. The first-order valence-corrected chi connectivity index (χ1v) is 2.38. The zero-order chi connectivity index (χ0) is 7.56. The van der Waals surface area contributed by atoms with Crippen molar-refractivity contribution >= 4 is 11.8 Å². The van der Waals surface area contributed by atoms with Crippen molar-refractivity contribution in [2.45, 2.75) is 0 Å². The number of rotatable bonds is 1.